The minimum atomic E-state index is -3.97. The van der Waals surface area contributed by atoms with Crippen LogP contribution in [0.3, 0.4) is 0 Å². The number of ether oxygens (including phenoxy) is 1. The van der Waals surface area contributed by atoms with E-state index < -0.39 is 10.3 Å². The lowest BCUT2D eigenvalue weighted by atomic mass is 10.5. The summed E-state index contributed by atoms with van der Waals surface area (Å²) in [4.78, 5) is 0. The average molecular weight is 182 g/mol. The highest BCUT2D eigenvalue weighted by molar-refractivity contribution is 7.80. The molecule has 1 N–H and O–H groups in total. The first kappa shape index (κ1) is 8.92. The minimum Gasteiger partial charge on any atom is -0.370 e. The van der Waals surface area contributed by atoms with E-state index >= 15 is 0 Å². The molecule has 1 fully saturated rings. The standard InChI is InChI=1S/C5H11NO4S/c1-6(11(7,8)9)2-4-10-5-3-6/h2-5H2,1H3/p+1. The van der Waals surface area contributed by atoms with E-state index in [4.69, 9.17) is 9.29 Å². The van der Waals surface area contributed by atoms with Gasteiger partial charge >= 0.3 is 10.3 Å². The summed E-state index contributed by atoms with van der Waals surface area (Å²) in [5.74, 6) is 0. The van der Waals surface area contributed by atoms with Gasteiger partial charge in [-0.3, -0.25) is 0 Å². The summed E-state index contributed by atoms with van der Waals surface area (Å²) in [5, 5.41) is 0. The third-order valence-electron chi connectivity index (χ3n) is 1.97. The summed E-state index contributed by atoms with van der Waals surface area (Å²) in [6.07, 6.45) is 0. The second-order valence-electron chi connectivity index (χ2n) is 2.80. The van der Waals surface area contributed by atoms with Gasteiger partial charge in [0.1, 0.15) is 13.1 Å². The largest absolute Gasteiger partial charge is 0.432 e. The van der Waals surface area contributed by atoms with Gasteiger partial charge in [-0.15, -0.1) is 8.42 Å². The molecular weight excluding hydrogens is 170 g/mol. The van der Waals surface area contributed by atoms with Crippen molar-refractivity contribution in [2.75, 3.05) is 33.4 Å². The van der Waals surface area contributed by atoms with Crippen molar-refractivity contribution in [2.24, 2.45) is 0 Å². The second-order valence-corrected chi connectivity index (χ2v) is 4.58. The normalized spacial score (nSPS) is 24.9. The molecule has 1 heterocycles. The number of morpholine rings is 1. The predicted octanol–water partition coefficient (Wildman–Crippen LogP) is -0.734. The molecule has 1 saturated heterocycles. The number of quaternary nitrogens is 1. The predicted molar refractivity (Wildman–Crippen MR) is 38.3 cm³/mol. The fourth-order valence-corrected chi connectivity index (χ4v) is 1.57. The number of nitrogens with zero attached hydrogens (tertiary/aromatic N) is 1. The summed E-state index contributed by atoms with van der Waals surface area (Å²) in [6, 6.07) is 0. The zero-order valence-electron chi connectivity index (χ0n) is 6.36. The molecule has 0 radical (unpaired) electrons. The maximum atomic E-state index is 10.8. The molecule has 0 aliphatic carbocycles. The summed E-state index contributed by atoms with van der Waals surface area (Å²) >= 11 is 0. The molecule has 0 unspecified atom stereocenters. The summed E-state index contributed by atoms with van der Waals surface area (Å²) < 4.78 is 35.0. The van der Waals surface area contributed by atoms with E-state index in [0.717, 1.165) is 0 Å². The van der Waals surface area contributed by atoms with Crippen molar-refractivity contribution in [3.63, 3.8) is 0 Å². The molecule has 5 nitrogen and oxygen atoms in total. The van der Waals surface area contributed by atoms with E-state index in [9.17, 15) is 8.42 Å². The fraction of sp³-hybridized carbons (Fsp3) is 1.00. The first-order valence-corrected chi connectivity index (χ1v) is 4.75. The third-order valence-corrected chi connectivity index (χ3v) is 3.45. The number of hydrogen-bond donors (Lipinski definition) is 1. The van der Waals surface area contributed by atoms with Gasteiger partial charge in [-0.1, -0.05) is 0 Å². The Hall–Kier alpha value is -0.170. The van der Waals surface area contributed by atoms with E-state index in [0.29, 0.717) is 26.3 Å². The number of likely N-dealkylation sites (N-methyl/N-ethyl adjacent to an activating group) is 1. The molecule has 0 saturated carbocycles. The van der Waals surface area contributed by atoms with Crippen molar-refractivity contribution in [3.8, 4) is 0 Å². The molecule has 1 rings (SSSR count). The minimum absolute atomic E-state index is 0.318. The Morgan fingerprint density at radius 3 is 2.09 bits per heavy atom. The molecule has 1 aliphatic rings. The molecule has 0 aromatic heterocycles. The van der Waals surface area contributed by atoms with Crippen LogP contribution in [0.25, 0.3) is 0 Å². The van der Waals surface area contributed by atoms with Crippen molar-refractivity contribution in [3.05, 3.63) is 0 Å². The van der Waals surface area contributed by atoms with Crippen LogP contribution in [-0.4, -0.2) is 50.2 Å². The zero-order valence-corrected chi connectivity index (χ0v) is 7.17. The van der Waals surface area contributed by atoms with Crippen molar-refractivity contribution in [2.45, 2.75) is 0 Å². The number of hydrogen-bond acceptors (Lipinski definition) is 3. The van der Waals surface area contributed by atoms with Crippen LogP contribution in [0.5, 0.6) is 0 Å². The molecule has 0 spiro atoms. The van der Waals surface area contributed by atoms with E-state index in [1.807, 2.05) is 0 Å². The van der Waals surface area contributed by atoms with Crippen molar-refractivity contribution >= 4 is 10.3 Å². The molecular formula is C5H12NO4S+. The fourth-order valence-electron chi connectivity index (χ4n) is 0.960. The van der Waals surface area contributed by atoms with Gasteiger partial charge < -0.3 is 4.74 Å². The summed E-state index contributed by atoms with van der Waals surface area (Å²) in [7, 11) is -2.48. The van der Waals surface area contributed by atoms with Gasteiger partial charge in [0, 0.05) is 0 Å². The van der Waals surface area contributed by atoms with E-state index in [2.05, 4.69) is 0 Å². The lowest BCUT2D eigenvalue weighted by Crippen LogP contribution is -2.55. The van der Waals surface area contributed by atoms with Gasteiger partial charge in [-0.25, -0.2) is 4.55 Å². The zero-order chi connectivity index (χ0) is 8.54. The van der Waals surface area contributed by atoms with Gasteiger partial charge in [-0.05, 0) is 0 Å². The average Bonchev–Trinajstić information content (AvgIpc) is 1.87. The highest BCUT2D eigenvalue weighted by Gasteiger charge is 2.37. The lowest BCUT2D eigenvalue weighted by Gasteiger charge is -2.32. The van der Waals surface area contributed by atoms with Gasteiger partial charge in [0.25, 0.3) is 0 Å². The number of rotatable bonds is 1. The van der Waals surface area contributed by atoms with Crippen LogP contribution in [0.15, 0.2) is 0 Å². The first-order valence-electron chi connectivity index (χ1n) is 3.36. The third kappa shape index (κ3) is 1.70. The maximum Gasteiger partial charge on any atom is 0.432 e. The van der Waals surface area contributed by atoms with Gasteiger partial charge in [0.15, 0.2) is 0 Å². The van der Waals surface area contributed by atoms with Crippen LogP contribution in [0.2, 0.25) is 0 Å². The van der Waals surface area contributed by atoms with E-state index in [-0.39, 0.29) is 3.89 Å². The molecule has 6 heteroatoms. The molecule has 0 atom stereocenters. The molecule has 0 aromatic carbocycles. The molecule has 0 amide bonds. The Kier molecular flexibility index (Phi) is 2.19. The molecule has 0 bridgehead atoms. The molecule has 66 valence electrons. The van der Waals surface area contributed by atoms with Crippen LogP contribution in [0.1, 0.15) is 0 Å². The lowest BCUT2D eigenvalue weighted by molar-refractivity contribution is -0.799. The topological polar surface area (TPSA) is 63.6 Å². The highest BCUT2D eigenvalue weighted by atomic mass is 32.2. The Bertz CT molecular complexity index is 229. The molecule has 0 aromatic rings. The Morgan fingerprint density at radius 1 is 1.36 bits per heavy atom. The summed E-state index contributed by atoms with van der Waals surface area (Å²) in [5.41, 5.74) is 0. The molecule has 11 heavy (non-hydrogen) atoms. The quantitative estimate of drug-likeness (QED) is 0.429. The van der Waals surface area contributed by atoms with Crippen molar-refractivity contribution in [1.82, 2.24) is 0 Å². The molecule has 1 aliphatic heterocycles. The maximum absolute atomic E-state index is 10.8. The Labute approximate surface area is 66.0 Å². The summed E-state index contributed by atoms with van der Waals surface area (Å²) in [6.45, 7) is 1.41. The SMILES string of the molecule is C[N+]1(S(=O)(=O)O)CCOCC1. The van der Waals surface area contributed by atoms with Crippen LogP contribution in [0.4, 0.5) is 0 Å². The van der Waals surface area contributed by atoms with Crippen LogP contribution < -0.4 is 0 Å². The smallest absolute Gasteiger partial charge is 0.370 e. The monoisotopic (exact) mass is 182 g/mol. The highest BCUT2D eigenvalue weighted by Crippen LogP contribution is 2.12. The van der Waals surface area contributed by atoms with Crippen molar-refractivity contribution < 1.29 is 21.6 Å². The Morgan fingerprint density at radius 2 is 1.82 bits per heavy atom. The van der Waals surface area contributed by atoms with Crippen LogP contribution in [-0.2, 0) is 15.0 Å². The van der Waals surface area contributed by atoms with Gasteiger partial charge in [0.2, 0.25) is 0 Å². The van der Waals surface area contributed by atoms with Crippen LogP contribution in [0, 0.1) is 0 Å². The van der Waals surface area contributed by atoms with E-state index in [1.165, 1.54) is 7.05 Å². The van der Waals surface area contributed by atoms with Gasteiger partial charge in [-0.2, -0.15) is 3.89 Å². The second kappa shape index (κ2) is 2.71. The van der Waals surface area contributed by atoms with E-state index in [1.54, 1.807) is 0 Å². The van der Waals surface area contributed by atoms with Gasteiger partial charge in [0.05, 0.1) is 20.3 Å². The Balaban J connectivity index is 2.81. The van der Waals surface area contributed by atoms with Crippen LogP contribution >= 0.6 is 0 Å². The first-order chi connectivity index (χ1) is 4.96. The van der Waals surface area contributed by atoms with Crippen molar-refractivity contribution in [1.29, 1.82) is 0 Å².